The van der Waals surface area contributed by atoms with Crippen LogP contribution in [0.1, 0.15) is 51.4 Å². The Morgan fingerprint density at radius 2 is 1.10 bits per heavy atom. The zero-order chi connectivity index (χ0) is 21.3. The number of rotatable bonds is 0. The zero-order valence-corrected chi connectivity index (χ0v) is 22.3. The second-order valence-corrected chi connectivity index (χ2v) is 10.5. The molecule has 6 saturated heterocycles. The molecule has 31 heavy (non-hydrogen) atoms. The summed E-state index contributed by atoms with van der Waals surface area (Å²) < 4.78 is 0. The van der Waals surface area contributed by atoms with Gasteiger partial charge >= 0.3 is 31.3 Å². The number of hydrogen-bond acceptors (Lipinski definition) is 4. The molecule has 164 valence electrons. The van der Waals surface area contributed by atoms with Gasteiger partial charge in [0.15, 0.2) is 0 Å². The maximum absolute atomic E-state index is 12.1. The molecule has 6 fully saturated rings. The van der Waals surface area contributed by atoms with Crippen molar-refractivity contribution >= 4 is 48.9 Å². The number of amides is 4. The van der Waals surface area contributed by atoms with Crippen molar-refractivity contribution in [3.63, 3.8) is 0 Å². The minimum Gasteiger partial charge on any atom is -0.749 e. The van der Waals surface area contributed by atoms with Crippen molar-refractivity contribution in [2.75, 3.05) is 26.2 Å². The summed E-state index contributed by atoms with van der Waals surface area (Å²) in [6.07, 6.45) is 6.88. The van der Waals surface area contributed by atoms with Gasteiger partial charge in [-0.05, 0) is 51.4 Å². The Kier molecular flexibility index (Phi) is 6.19. The van der Waals surface area contributed by atoms with Crippen LogP contribution in [-0.2, 0) is 54.3 Å². The Labute approximate surface area is 206 Å². The fourth-order valence-corrected chi connectivity index (χ4v) is 6.87. The number of fused-ring (bicyclic) bond motifs is 4. The van der Waals surface area contributed by atoms with Crippen molar-refractivity contribution in [1.82, 2.24) is 19.6 Å². The molecule has 8 nitrogen and oxygen atoms in total. The number of carbonyl (C=O) groups is 2. The van der Waals surface area contributed by atoms with Gasteiger partial charge < -0.3 is 35.1 Å². The van der Waals surface area contributed by atoms with Crippen LogP contribution in [0.2, 0.25) is 0 Å². The summed E-state index contributed by atoms with van der Waals surface area (Å²) in [5, 5.41) is 0. The Morgan fingerprint density at radius 3 is 1.48 bits per heavy atom. The molecule has 0 saturated carbocycles. The van der Waals surface area contributed by atoms with Gasteiger partial charge in [-0.15, -0.1) is 0 Å². The van der Waals surface area contributed by atoms with E-state index in [9.17, 15) is 19.2 Å². The Morgan fingerprint density at radius 1 is 0.710 bits per heavy atom. The van der Waals surface area contributed by atoms with E-state index in [-0.39, 0.29) is 55.2 Å². The van der Waals surface area contributed by atoms with Crippen molar-refractivity contribution in [2.45, 2.75) is 73.2 Å². The largest absolute Gasteiger partial charge is 2.00 e. The van der Waals surface area contributed by atoms with Crippen molar-refractivity contribution in [3.8, 4) is 0 Å². The van der Waals surface area contributed by atoms with E-state index < -0.39 is 9.74 Å². The molecule has 0 radical (unpaired) electrons. The molecule has 0 aromatic carbocycles. The summed E-state index contributed by atoms with van der Waals surface area (Å²) in [6, 6.07) is -0.279. The van der Waals surface area contributed by atoms with Crippen LogP contribution in [0, 0.1) is 0 Å². The first-order valence-corrected chi connectivity index (χ1v) is 11.8. The van der Waals surface area contributed by atoms with E-state index >= 15 is 0 Å². The summed E-state index contributed by atoms with van der Waals surface area (Å²) in [7, 11) is 0. The SMILES string of the molecule is O=C1C2CCCN2C(=[OH+])C2([S-])CCCN12.O=C1C2CCCN2C(=[OH+])C2([S-])CCCN12.[Zn+2]. The minimum atomic E-state index is -0.822. The summed E-state index contributed by atoms with van der Waals surface area (Å²) in [4.78, 5) is 50.0. The van der Waals surface area contributed by atoms with E-state index in [2.05, 4.69) is 0 Å². The second kappa shape index (κ2) is 8.21. The molecule has 4 amide bonds. The molecule has 6 aliphatic heterocycles. The van der Waals surface area contributed by atoms with Crippen LogP contribution in [0.15, 0.2) is 0 Å². The van der Waals surface area contributed by atoms with Crippen molar-refractivity contribution in [2.24, 2.45) is 0 Å². The van der Waals surface area contributed by atoms with Gasteiger partial charge in [-0.25, -0.2) is 0 Å². The average molecular weight is 518 g/mol. The van der Waals surface area contributed by atoms with E-state index in [1.54, 1.807) is 9.80 Å². The fraction of sp³-hybridized carbons (Fsp3) is 0.800. The number of nitrogens with zero attached hydrogens (tertiary/aromatic N) is 4. The summed E-state index contributed by atoms with van der Waals surface area (Å²) in [5.74, 6) is 0.741. The van der Waals surface area contributed by atoms with E-state index in [0.717, 1.165) is 51.6 Å². The van der Waals surface area contributed by atoms with Crippen LogP contribution < -0.4 is 0 Å². The maximum Gasteiger partial charge on any atom is 2.00 e. The molecule has 4 unspecified atom stereocenters. The average Bonchev–Trinajstić information content (AvgIpc) is 3.50. The number of carbonyl (C=O) groups excluding carboxylic acids is 4. The molecule has 0 aromatic rings. The molecule has 6 aliphatic rings. The van der Waals surface area contributed by atoms with Crippen molar-refractivity contribution in [3.05, 3.63) is 0 Å². The third-order valence-electron chi connectivity index (χ3n) is 7.52. The molecule has 2 N–H and O–H groups in total. The topological polar surface area (TPSA) is 89.9 Å². The first kappa shape index (κ1) is 23.4. The molecular formula is C20H28N4O4S2Zn+2. The molecule has 11 heteroatoms. The smallest absolute Gasteiger partial charge is 0.749 e. The fourth-order valence-electron chi connectivity index (χ4n) is 5.99. The van der Waals surface area contributed by atoms with Gasteiger partial charge in [0.25, 0.3) is 0 Å². The summed E-state index contributed by atoms with van der Waals surface area (Å²) in [6.45, 7) is 2.95. The molecule has 6 rings (SSSR count). The van der Waals surface area contributed by atoms with Gasteiger partial charge in [0.05, 0.1) is 9.74 Å². The molecule has 0 aliphatic carbocycles. The van der Waals surface area contributed by atoms with Gasteiger partial charge in [-0.2, -0.15) is 0 Å². The van der Waals surface area contributed by atoms with Crippen LogP contribution in [0.5, 0.6) is 0 Å². The van der Waals surface area contributed by atoms with Gasteiger partial charge in [0.2, 0.25) is 11.8 Å². The Balaban J connectivity index is 0.000000144. The molecule has 4 atom stereocenters. The Bertz CT molecular complexity index is 765. The van der Waals surface area contributed by atoms with Crippen LogP contribution in [0.25, 0.3) is 0 Å². The Hall–Kier alpha value is -0.797. The standard InChI is InChI=1S/2C10H14N2O2S.Zn/c2*13-8-7-3-1-5-11(7)9(14)10(15)4-2-6-12(8)10;/h2*7,15H,1-6H2;/q;;+2. The van der Waals surface area contributed by atoms with Crippen LogP contribution in [0.4, 0.5) is 0 Å². The second-order valence-electron chi connectivity index (χ2n) is 9.11. The molecular weight excluding hydrogens is 490 g/mol. The molecule has 0 aromatic heterocycles. The van der Waals surface area contributed by atoms with E-state index in [1.165, 1.54) is 0 Å². The summed E-state index contributed by atoms with van der Waals surface area (Å²) in [5.41, 5.74) is 0. The van der Waals surface area contributed by atoms with Gasteiger partial charge in [-0.3, -0.25) is 29.0 Å². The summed E-state index contributed by atoms with van der Waals surface area (Å²) >= 11 is 10.9. The van der Waals surface area contributed by atoms with E-state index in [0.29, 0.717) is 25.9 Å². The predicted molar refractivity (Wildman–Crippen MR) is 115 cm³/mol. The quantitative estimate of drug-likeness (QED) is 0.250. The first-order valence-electron chi connectivity index (χ1n) is 11.0. The first-order chi connectivity index (χ1) is 14.3. The number of piperazine rings is 2. The maximum atomic E-state index is 12.1. The zero-order valence-electron chi connectivity index (χ0n) is 17.7. The molecule has 0 spiro atoms. The third kappa shape index (κ3) is 3.28. The van der Waals surface area contributed by atoms with Crippen LogP contribution in [0.3, 0.4) is 0 Å². The van der Waals surface area contributed by atoms with Crippen molar-refractivity contribution < 1.29 is 38.7 Å². The minimum absolute atomic E-state index is 0. The normalized spacial score (nSPS) is 38.4. The molecule has 6 heterocycles. The number of hydrogen-bond donors (Lipinski definition) is 0. The van der Waals surface area contributed by atoms with E-state index in [1.807, 2.05) is 9.80 Å². The third-order valence-corrected chi connectivity index (χ3v) is 8.73. The van der Waals surface area contributed by atoms with Crippen LogP contribution >= 0.6 is 0 Å². The van der Waals surface area contributed by atoms with Gasteiger partial charge in [-0.1, -0.05) is 0 Å². The van der Waals surface area contributed by atoms with E-state index in [4.69, 9.17) is 25.3 Å². The molecule has 0 bridgehead atoms. The monoisotopic (exact) mass is 516 g/mol. The van der Waals surface area contributed by atoms with Crippen molar-refractivity contribution in [1.29, 1.82) is 0 Å². The predicted octanol–water partition coefficient (Wildman–Crippen LogP) is -0.338. The van der Waals surface area contributed by atoms with Crippen LogP contribution in [-0.4, -0.2) is 101 Å². The van der Waals surface area contributed by atoms with Gasteiger partial charge in [0.1, 0.15) is 12.1 Å². The van der Waals surface area contributed by atoms with Gasteiger partial charge in [0, 0.05) is 26.2 Å².